The summed E-state index contributed by atoms with van der Waals surface area (Å²) in [6.45, 7) is 3.87. The molecule has 2 heteroatoms. The van der Waals surface area contributed by atoms with E-state index in [-0.39, 0.29) is 5.78 Å². The predicted molar refractivity (Wildman–Crippen MR) is 63.6 cm³/mol. The maximum Gasteiger partial charge on any atom is 0.195 e. The van der Waals surface area contributed by atoms with Gasteiger partial charge in [-0.1, -0.05) is 24.3 Å². The van der Waals surface area contributed by atoms with E-state index in [4.69, 9.17) is 0 Å². The number of rotatable bonds is 2. The normalized spacial score (nSPS) is 10.1. The number of aryl methyl sites for hydroxylation is 2. The fourth-order valence-electron chi connectivity index (χ4n) is 1.67. The fourth-order valence-corrected chi connectivity index (χ4v) is 1.67. The Morgan fingerprint density at radius 2 is 1.69 bits per heavy atom. The van der Waals surface area contributed by atoms with Crippen molar-refractivity contribution in [1.82, 2.24) is 4.98 Å². The van der Waals surface area contributed by atoms with Crippen molar-refractivity contribution in [3.05, 3.63) is 65.0 Å². The van der Waals surface area contributed by atoms with Gasteiger partial charge in [-0.2, -0.15) is 0 Å². The second kappa shape index (κ2) is 4.27. The van der Waals surface area contributed by atoms with Gasteiger partial charge < -0.3 is 0 Å². The molecule has 0 amide bonds. The molecule has 80 valence electrons. The van der Waals surface area contributed by atoms with Gasteiger partial charge >= 0.3 is 0 Å². The van der Waals surface area contributed by atoms with Crippen molar-refractivity contribution >= 4 is 5.78 Å². The van der Waals surface area contributed by atoms with Gasteiger partial charge in [0.25, 0.3) is 0 Å². The second-order valence-corrected chi connectivity index (χ2v) is 3.83. The van der Waals surface area contributed by atoms with Crippen LogP contribution >= 0.6 is 0 Å². The summed E-state index contributed by atoms with van der Waals surface area (Å²) in [4.78, 5) is 16.2. The average Bonchev–Trinajstić information content (AvgIpc) is 2.29. The molecular formula is C14H13NO. The Kier molecular flexibility index (Phi) is 2.82. The molecule has 0 aliphatic heterocycles. The minimum Gasteiger partial charge on any atom is -0.289 e. The van der Waals surface area contributed by atoms with Gasteiger partial charge in [0.2, 0.25) is 0 Å². The van der Waals surface area contributed by atoms with Crippen LogP contribution in [-0.4, -0.2) is 10.8 Å². The molecule has 2 nitrogen and oxygen atoms in total. The van der Waals surface area contributed by atoms with Crippen molar-refractivity contribution in [1.29, 1.82) is 0 Å². The van der Waals surface area contributed by atoms with Crippen LogP contribution in [0.25, 0.3) is 0 Å². The third kappa shape index (κ3) is 1.87. The molecule has 0 radical (unpaired) electrons. The zero-order valence-electron chi connectivity index (χ0n) is 9.40. The summed E-state index contributed by atoms with van der Waals surface area (Å²) in [5.41, 5.74) is 3.38. The lowest BCUT2D eigenvalue weighted by atomic mass is 9.98. The van der Waals surface area contributed by atoms with Gasteiger partial charge in [-0.3, -0.25) is 9.78 Å². The van der Waals surface area contributed by atoms with Gasteiger partial charge in [0.05, 0.1) is 0 Å². The average molecular weight is 211 g/mol. The first-order valence-electron chi connectivity index (χ1n) is 5.21. The zero-order chi connectivity index (χ0) is 11.5. The highest BCUT2D eigenvalue weighted by molar-refractivity contribution is 6.10. The number of carbonyl (C=O) groups is 1. The van der Waals surface area contributed by atoms with E-state index in [1.807, 2.05) is 44.2 Å². The van der Waals surface area contributed by atoms with Crippen LogP contribution in [0.1, 0.15) is 27.0 Å². The number of ketones is 1. The number of hydrogen-bond donors (Lipinski definition) is 0. The molecule has 0 N–H and O–H groups in total. The van der Waals surface area contributed by atoms with Crippen molar-refractivity contribution in [2.45, 2.75) is 13.8 Å². The molecule has 16 heavy (non-hydrogen) atoms. The fraction of sp³-hybridized carbons (Fsp3) is 0.143. The highest BCUT2D eigenvalue weighted by atomic mass is 16.1. The second-order valence-electron chi connectivity index (χ2n) is 3.83. The Bertz CT molecular complexity index is 484. The lowest BCUT2D eigenvalue weighted by Gasteiger charge is -2.06. The van der Waals surface area contributed by atoms with Crippen molar-refractivity contribution in [2.24, 2.45) is 0 Å². The smallest absolute Gasteiger partial charge is 0.195 e. The number of carbonyl (C=O) groups excluding carboxylic acids is 1. The van der Waals surface area contributed by atoms with Crippen LogP contribution in [0.5, 0.6) is 0 Å². The van der Waals surface area contributed by atoms with Crippen LogP contribution in [0.2, 0.25) is 0 Å². The van der Waals surface area contributed by atoms with Gasteiger partial charge in [0.15, 0.2) is 5.78 Å². The Labute approximate surface area is 95.0 Å². The lowest BCUT2D eigenvalue weighted by molar-refractivity contribution is 0.103. The third-order valence-electron chi connectivity index (χ3n) is 2.67. The summed E-state index contributed by atoms with van der Waals surface area (Å²) in [7, 11) is 0. The molecule has 0 aliphatic rings. The molecule has 0 saturated heterocycles. The van der Waals surface area contributed by atoms with Crippen molar-refractivity contribution in [3.63, 3.8) is 0 Å². The number of benzene rings is 1. The Morgan fingerprint density at radius 1 is 1.00 bits per heavy atom. The van der Waals surface area contributed by atoms with E-state index >= 15 is 0 Å². The van der Waals surface area contributed by atoms with Crippen LogP contribution in [0, 0.1) is 13.8 Å². The van der Waals surface area contributed by atoms with Gasteiger partial charge in [-0.15, -0.1) is 0 Å². The first kappa shape index (κ1) is 10.6. The van der Waals surface area contributed by atoms with E-state index < -0.39 is 0 Å². The largest absolute Gasteiger partial charge is 0.289 e. The van der Waals surface area contributed by atoms with E-state index in [0.717, 1.165) is 16.7 Å². The first-order chi connectivity index (χ1) is 7.70. The summed E-state index contributed by atoms with van der Waals surface area (Å²) >= 11 is 0. The quantitative estimate of drug-likeness (QED) is 0.715. The van der Waals surface area contributed by atoms with E-state index in [9.17, 15) is 4.79 Å². The predicted octanol–water partition coefficient (Wildman–Crippen LogP) is 2.93. The summed E-state index contributed by atoms with van der Waals surface area (Å²) < 4.78 is 0. The van der Waals surface area contributed by atoms with E-state index in [2.05, 4.69) is 4.98 Å². The number of pyridine rings is 1. The van der Waals surface area contributed by atoms with Crippen molar-refractivity contribution in [2.75, 3.05) is 0 Å². The molecule has 1 aromatic heterocycles. The minimum absolute atomic E-state index is 0.0451. The number of nitrogens with zero attached hydrogens (tertiary/aromatic N) is 1. The molecule has 2 rings (SSSR count). The van der Waals surface area contributed by atoms with Crippen LogP contribution in [0.15, 0.2) is 42.7 Å². The Morgan fingerprint density at radius 3 is 2.38 bits per heavy atom. The SMILES string of the molecule is Cc1ccccc1C(=O)c1cnccc1C. The van der Waals surface area contributed by atoms with Gasteiger partial charge in [0.1, 0.15) is 0 Å². The zero-order valence-corrected chi connectivity index (χ0v) is 9.40. The highest BCUT2D eigenvalue weighted by Crippen LogP contribution is 2.15. The highest BCUT2D eigenvalue weighted by Gasteiger charge is 2.13. The van der Waals surface area contributed by atoms with Crippen LogP contribution < -0.4 is 0 Å². The summed E-state index contributed by atoms with van der Waals surface area (Å²) in [5.74, 6) is 0.0451. The van der Waals surface area contributed by atoms with E-state index in [1.54, 1.807) is 12.4 Å². The molecular weight excluding hydrogens is 198 g/mol. The molecule has 0 fully saturated rings. The Hall–Kier alpha value is -1.96. The maximum absolute atomic E-state index is 12.2. The first-order valence-corrected chi connectivity index (χ1v) is 5.21. The van der Waals surface area contributed by atoms with Gasteiger partial charge in [0, 0.05) is 23.5 Å². The standard InChI is InChI=1S/C14H13NO/c1-10-5-3-4-6-12(10)14(16)13-9-15-8-7-11(13)2/h3-9H,1-2H3. The van der Waals surface area contributed by atoms with Crippen LogP contribution in [0.3, 0.4) is 0 Å². The minimum atomic E-state index is 0.0451. The molecule has 1 heterocycles. The molecule has 0 spiro atoms. The molecule has 0 aliphatic carbocycles. The molecule has 1 aromatic carbocycles. The van der Waals surface area contributed by atoms with Gasteiger partial charge in [-0.05, 0) is 31.0 Å². The van der Waals surface area contributed by atoms with E-state index in [1.165, 1.54) is 0 Å². The van der Waals surface area contributed by atoms with Crippen molar-refractivity contribution in [3.8, 4) is 0 Å². The van der Waals surface area contributed by atoms with Crippen molar-refractivity contribution < 1.29 is 4.79 Å². The third-order valence-corrected chi connectivity index (χ3v) is 2.67. The monoisotopic (exact) mass is 211 g/mol. The maximum atomic E-state index is 12.2. The molecule has 0 atom stereocenters. The van der Waals surface area contributed by atoms with E-state index in [0.29, 0.717) is 5.56 Å². The topological polar surface area (TPSA) is 30.0 Å². The number of aromatic nitrogens is 1. The van der Waals surface area contributed by atoms with Crippen LogP contribution in [0.4, 0.5) is 0 Å². The van der Waals surface area contributed by atoms with Gasteiger partial charge in [-0.25, -0.2) is 0 Å². The van der Waals surface area contributed by atoms with Crippen LogP contribution in [-0.2, 0) is 0 Å². The lowest BCUT2D eigenvalue weighted by Crippen LogP contribution is -2.05. The summed E-state index contributed by atoms with van der Waals surface area (Å²) in [5, 5.41) is 0. The summed E-state index contributed by atoms with van der Waals surface area (Å²) in [6.07, 6.45) is 3.33. The molecule has 2 aromatic rings. The molecule has 0 saturated carbocycles. The number of hydrogen-bond acceptors (Lipinski definition) is 2. The summed E-state index contributed by atoms with van der Waals surface area (Å²) in [6, 6.07) is 9.46. The Balaban J connectivity index is 2.48. The molecule has 0 unspecified atom stereocenters. The molecule has 0 bridgehead atoms.